The van der Waals surface area contributed by atoms with Crippen LogP contribution in [0.25, 0.3) is 32.9 Å². The monoisotopic (exact) mass is 391 g/mol. The van der Waals surface area contributed by atoms with Crippen molar-refractivity contribution in [1.29, 1.82) is 0 Å². The second-order valence-corrected chi connectivity index (χ2v) is 7.43. The summed E-state index contributed by atoms with van der Waals surface area (Å²) in [7, 11) is 0. The van der Waals surface area contributed by atoms with E-state index < -0.39 is 0 Å². The molecule has 1 saturated heterocycles. The number of piperazine rings is 1. The average molecular weight is 392 g/mol. The lowest BCUT2D eigenvalue weighted by Crippen LogP contribution is -2.48. The van der Waals surface area contributed by atoms with Gasteiger partial charge in [-0.15, -0.1) is 0 Å². The van der Waals surface area contributed by atoms with Gasteiger partial charge in [0.05, 0.1) is 23.3 Å². The first-order chi connectivity index (χ1) is 13.6. The Labute approximate surface area is 166 Å². The molecule has 1 aliphatic heterocycles. The topological polar surface area (TPSA) is 73.9 Å². The Hall–Kier alpha value is -3.12. The number of aryl methyl sites for hydroxylation is 1. The van der Waals surface area contributed by atoms with Crippen molar-refractivity contribution in [2.75, 3.05) is 24.5 Å². The van der Waals surface area contributed by atoms with Gasteiger partial charge in [-0.05, 0) is 37.3 Å². The van der Waals surface area contributed by atoms with Gasteiger partial charge in [0.25, 0.3) is 0 Å². The van der Waals surface area contributed by atoms with Crippen LogP contribution >= 0.6 is 11.6 Å². The molecule has 6 nitrogen and oxygen atoms in total. The van der Waals surface area contributed by atoms with E-state index >= 15 is 0 Å². The van der Waals surface area contributed by atoms with Gasteiger partial charge in [0.1, 0.15) is 5.82 Å². The number of aromatic nitrogens is 3. The van der Waals surface area contributed by atoms with Crippen LogP contribution in [-0.4, -0.2) is 40.5 Å². The van der Waals surface area contributed by atoms with Crippen LogP contribution in [0.4, 0.5) is 5.82 Å². The molecule has 1 fully saturated rings. The molecule has 1 amide bonds. The molecule has 5 rings (SSSR count). The molecule has 3 aromatic heterocycles. The van der Waals surface area contributed by atoms with E-state index in [-0.39, 0.29) is 5.91 Å². The highest BCUT2D eigenvalue weighted by Gasteiger charge is 2.18. The number of carbonyl (C=O) groups is 1. The number of hydrogen-bond donors (Lipinski definition) is 2. The maximum atomic E-state index is 11.6. The lowest BCUT2D eigenvalue weighted by molar-refractivity contribution is -0.120. The molecule has 0 saturated carbocycles. The highest BCUT2D eigenvalue weighted by atomic mass is 35.5. The van der Waals surface area contributed by atoms with Crippen molar-refractivity contribution in [1.82, 2.24) is 20.3 Å². The zero-order valence-electron chi connectivity index (χ0n) is 15.3. The highest BCUT2D eigenvalue weighted by Crippen LogP contribution is 2.36. The number of hydrogen-bond acceptors (Lipinski definition) is 4. The fourth-order valence-electron chi connectivity index (χ4n) is 3.82. The number of aromatic amines is 1. The van der Waals surface area contributed by atoms with E-state index in [1.165, 1.54) is 0 Å². The molecule has 0 atom stereocenters. The molecule has 0 aliphatic carbocycles. The molecule has 0 spiro atoms. The number of nitrogens with zero attached hydrogens (tertiary/aromatic N) is 3. The van der Waals surface area contributed by atoms with Crippen LogP contribution < -0.4 is 10.2 Å². The smallest absolute Gasteiger partial charge is 0.239 e. The summed E-state index contributed by atoms with van der Waals surface area (Å²) in [6.07, 6.45) is 3.65. The Kier molecular flexibility index (Phi) is 3.94. The van der Waals surface area contributed by atoms with Gasteiger partial charge < -0.3 is 15.2 Å². The van der Waals surface area contributed by atoms with E-state index in [2.05, 4.69) is 20.3 Å². The van der Waals surface area contributed by atoms with Crippen LogP contribution in [0.15, 0.2) is 42.7 Å². The number of pyridine rings is 2. The fraction of sp³-hybridized carbons (Fsp3) is 0.190. The van der Waals surface area contributed by atoms with Crippen molar-refractivity contribution in [2.45, 2.75) is 6.92 Å². The zero-order chi connectivity index (χ0) is 19.3. The Bertz CT molecular complexity index is 1220. The van der Waals surface area contributed by atoms with E-state index in [0.717, 1.165) is 51.0 Å². The Morgan fingerprint density at radius 3 is 2.79 bits per heavy atom. The van der Waals surface area contributed by atoms with Gasteiger partial charge in [0.2, 0.25) is 5.91 Å². The second-order valence-electron chi connectivity index (χ2n) is 7.00. The van der Waals surface area contributed by atoms with Crippen LogP contribution in [0, 0.1) is 6.92 Å². The summed E-state index contributed by atoms with van der Waals surface area (Å²) < 4.78 is 0. The first-order valence-corrected chi connectivity index (χ1v) is 9.52. The van der Waals surface area contributed by atoms with Crippen LogP contribution in [-0.2, 0) is 4.79 Å². The number of anilines is 1. The minimum Gasteiger partial charge on any atom is -0.353 e. The highest BCUT2D eigenvalue weighted by molar-refractivity contribution is 6.32. The lowest BCUT2D eigenvalue weighted by atomic mass is 10.0. The van der Waals surface area contributed by atoms with E-state index in [1.807, 2.05) is 54.5 Å². The standard InChI is InChI=1S/C21H18ClN5O/c1-12-20-15(4-5-23-12)17-9-14(22)8-16(21(17)26-20)13-2-3-18(25-10-13)27-7-6-24-19(28)11-27/h2-5,8-10,26H,6-7,11H2,1H3,(H,24,28). The molecule has 7 heteroatoms. The minimum absolute atomic E-state index is 0.0238. The molecule has 2 N–H and O–H groups in total. The van der Waals surface area contributed by atoms with Gasteiger partial charge >= 0.3 is 0 Å². The number of benzene rings is 1. The number of fused-ring (bicyclic) bond motifs is 3. The molecule has 4 heterocycles. The zero-order valence-corrected chi connectivity index (χ0v) is 16.0. The number of carbonyl (C=O) groups excluding carboxylic acids is 1. The Morgan fingerprint density at radius 2 is 2.00 bits per heavy atom. The molecular weight excluding hydrogens is 374 g/mol. The summed E-state index contributed by atoms with van der Waals surface area (Å²) in [6, 6.07) is 9.91. The molecule has 1 aliphatic rings. The predicted octanol–water partition coefficient (Wildman–Crippen LogP) is 3.68. The van der Waals surface area contributed by atoms with Gasteiger partial charge in [0, 0.05) is 52.4 Å². The number of H-pyrrole nitrogens is 1. The molecule has 28 heavy (non-hydrogen) atoms. The van der Waals surface area contributed by atoms with Crippen molar-refractivity contribution in [3.05, 3.63) is 53.4 Å². The summed E-state index contributed by atoms with van der Waals surface area (Å²) >= 11 is 6.44. The van der Waals surface area contributed by atoms with Crippen molar-refractivity contribution in [2.24, 2.45) is 0 Å². The van der Waals surface area contributed by atoms with Crippen LogP contribution in [0.5, 0.6) is 0 Å². The number of nitrogens with one attached hydrogen (secondary N) is 2. The molecule has 4 aromatic rings. The number of halogens is 1. The summed E-state index contributed by atoms with van der Waals surface area (Å²) in [6.45, 7) is 3.72. The van der Waals surface area contributed by atoms with Crippen molar-refractivity contribution in [3.63, 3.8) is 0 Å². The Morgan fingerprint density at radius 1 is 1.11 bits per heavy atom. The van der Waals surface area contributed by atoms with Crippen molar-refractivity contribution >= 4 is 45.1 Å². The van der Waals surface area contributed by atoms with Crippen molar-refractivity contribution < 1.29 is 4.79 Å². The van der Waals surface area contributed by atoms with Crippen molar-refractivity contribution in [3.8, 4) is 11.1 Å². The molecule has 0 radical (unpaired) electrons. The largest absolute Gasteiger partial charge is 0.353 e. The van der Waals surface area contributed by atoms with E-state index in [1.54, 1.807) is 0 Å². The third-order valence-corrected chi connectivity index (χ3v) is 5.42. The quantitative estimate of drug-likeness (QED) is 0.546. The summed E-state index contributed by atoms with van der Waals surface area (Å²) in [5, 5.41) is 5.68. The molecule has 0 bridgehead atoms. The molecule has 140 valence electrons. The average Bonchev–Trinajstić information content (AvgIpc) is 3.08. The lowest BCUT2D eigenvalue weighted by Gasteiger charge is -2.27. The first-order valence-electron chi connectivity index (χ1n) is 9.15. The SMILES string of the molecule is Cc1nccc2c1[nH]c1c(-c3ccc(N4CCNC(=O)C4)nc3)cc(Cl)cc12. The maximum absolute atomic E-state index is 11.6. The summed E-state index contributed by atoms with van der Waals surface area (Å²) in [4.78, 5) is 26.1. The van der Waals surface area contributed by atoms with Crippen LogP contribution in [0.1, 0.15) is 5.69 Å². The second kappa shape index (κ2) is 6.49. The molecule has 0 unspecified atom stereocenters. The third kappa shape index (κ3) is 2.77. The maximum Gasteiger partial charge on any atom is 0.239 e. The fourth-order valence-corrected chi connectivity index (χ4v) is 4.04. The molecule has 1 aromatic carbocycles. The minimum atomic E-state index is 0.0238. The summed E-state index contributed by atoms with van der Waals surface area (Å²) in [5.41, 5.74) is 4.95. The van der Waals surface area contributed by atoms with E-state index in [0.29, 0.717) is 18.1 Å². The molecular formula is C21H18ClN5O. The Balaban J connectivity index is 1.62. The van der Waals surface area contributed by atoms with Crippen LogP contribution in [0.3, 0.4) is 0 Å². The third-order valence-electron chi connectivity index (χ3n) is 5.21. The van der Waals surface area contributed by atoms with Gasteiger partial charge in [-0.2, -0.15) is 0 Å². The van der Waals surface area contributed by atoms with Gasteiger partial charge in [-0.1, -0.05) is 11.6 Å². The van der Waals surface area contributed by atoms with E-state index in [9.17, 15) is 4.79 Å². The predicted molar refractivity (Wildman–Crippen MR) is 112 cm³/mol. The normalized spacial score (nSPS) is 14.6. The van der Waals surface area contributed by atoms with Gasteiger partial charge in [0.15, 0.2) is 0 Å². The van der Waals surface area contributed by atoms with Gasteiger partial charge in [-0.25, -0.2) is 4.98 Å². The first kappa shape index (κ1) is 17.0. The number of amides is 1. The van der Waals surface area contributed by atoms with E-state index in [4.69, 9.17) is 11.6 Å². The summed E-state index contributed by atoms with van der Waals surface area (Å²) in [5.74, 6) is 0.823. The van der Waals surface area contributed by atoms with Gasteiger partial charge in [-0.3, -0.25) is 9.78 Å². The van der Waals surface area contributed by atoms with Crippen LogP contribution in [0.2, 0.25) is 5.02 Å². The number of rotatable bonds is 2.